The molecule has 64 heavy (non-hydrogen) atoms. The van der Waals surface area contributed by atoms with E-state index in [1.54, 1.807) is 85.1 Å². The zero-order valence-electron chi connectivity index (χ0n) is 37.0. The Morgan fingerprint density at radius 2 is 1.55 bits per heavy atom. The number of rotatable bonds is 11. The molecule has 0 spiro atoms. The number of halogens is 1. The molecule has 0 bridgehead atoms. The molecule has 1 saturated carbocycles. The van der Waals surface area contributed by atoms with Gasteiger partial charge in [0.1, 0.15) is 30.0 Å². The maximum absolute atomic E-state index is 14.0. The van der Waals surface area contributed by atoms with Crippen LogP contribution in [0.5, 0.6) is 5.75 Å². The predicted molar refractivity (Wildman–Crippen MR) is 240 cm³/mol. The van der Waals surface area contributed by atoms with Gasteiger partial charge in [0.25, 0.3) is 5.91 Å². The topological polar surface area (TPSA) is 198 Å². The molecule has 4 N–H and O–H groups in total. The minimum Gasteiger partial charge on any atom is -0.489 e. The Hall–Kier alpha value is -6.72. The Balaban J connectivity index is 1.01. The van der Waals surface area contributed by atoms with Crippen LogP contribution < -0.4 is 20.7 Å². The van der Waals surface area contributed by atoms with E-state index >= 15 is 0 Å². The predicted octanol–water partition coefficient (Wildman–Crippen LogP) is 5.84. The van der Waals surface area contributed by atoms with Gasteiger partial charge in [0, 0.05) is 71.0 Å². The first kappa shape index (κ1) is 46.8. The van der Waals surface area contributed by atoms with Gasteiger partial charge in [-0.25, -0.2) is 0 Å². The zero-order valence-corrected chi connectivity index (χ0v) is 37.7. The van der Waals surface area contributed by atoms with E-state index in [0.29, 0.717) is 44.3 Å². The van der Waals surface area contributed by atoms with Crippen LogP contribution in [0, 0.1) is 50.7 Å². The van der Waals surface area contributed by atoms with Crippen molar-refractivity contribution in [2.24, 2.45) is 16.2 Å². The van der Waals surface area contributed by atoms with Crippen LogP contribution in [0.4, 0.5) is 0 Å². The molecule has 3 atom stereocenters. The molecule has 1 aliphatic carbocycles. The van der Waals surface area contributed by atoms with Gasteiger partial charge in [0.05, 0.1) is 34.7 Å². The maximum Gasteiger partial charge on any atom is 0.251 e. The largest absolute Gasteiger partial charge is 0.489 e. The average molecular weight is 882 g/mol. The van der Waals surface area contributed by atoms with Crippen molar-refractivity contribution in [3.05, 3.63) is 129 Å². The highest BCUT2D eigenvalue weighted by Crippen LogP contribution is 2.55. The highest BCUT2D eigenvalue weighted by atomic mass is 35.5. The number of hydrogen-bond acceptors (Lipinski definition) is 9. The lowest BCUT2D eigenvalue weighted by atomic mass is 9.49. The summed E-state index contributed by atoms with van der Waals surface area (Å²) in [6, 6.07) is 24.2. The van der Waals surface area contributed by atoms with E-state index in [4.69, 9.17) is 21.6 Å². The van der Waals surface area contributed by atoms with Gasteiger partial charge in [-0.2, -0.15) is 10.5 Å². The van der Waals surface area contributed by atoms with Crippen molar-refractivity contribution in [1.29, 1.82) is 10.5 Å². The van der Waals surface area contributed by atoms with Crippen LogP contribution in [0.3, 0.4) is 0 Å². The maximum atomic E-state index is 14.0. The number of likely N-dealkylation sites (tertiary alicyclic amines) is 1. The molecule has 2 aliphatic rings. The van der Waals surface area contributed by atoms with Crippen molar-refractivity contribution in [2.75, 3.05) is 6.54 Å². The normalized spacial score (nSPS) is 19.9. The highest BCUT2D eigenvalue weighted by molar-refractivity contribution is 6.31. The van der Waals surface area contributed by atoms with Gasteiger partial charge in [-0.3, -0.25) is 24.2 Å². The van der Waals surface area contributed by atoms with Crippen molar-refractivity contribution in [3.8, 4) is 29.7 Å². The number of aliphatic hydroxyl groups is 1. The number of aromatic nitrogens is 1. The van der Waals surface area contributed by atoms with Crippen molar-refractivity contribution in [3.63, 3.8) is 0 Å². The number of benzene rings is 3. The van der Waals surface area contributed by atoms with Crippen LogP contribution in [0.15, 0.2) is 85.1 Å². The fourth-order valence-electron chi connectivity index (χ4n) is 8.76. The number of hydrogen-bond donors (Lipinski definition) is 4. The van der Waals surface area contributed by atoms with Crippen LogP contribution in [-0.2, 0) is 27.3 Å². The number of nitriles is 2. The van der Waals surface area contributed by atoms with Crippen LogP contribution in [0.1, 0.15) is 98.8 Å². The quantitative estimate of drug-likeness (QED) is 0.134. The first-order valence-corrected chi connectivity index (χ1v) is 21.4. The molecule has 330 valence electrons. The Bertz CT molecular complexity index is 2550. The van der Waals surface area contributed by atoms with Crippen molar-refractivity contribution < 1.29 is 29.0 Å². The second kappa shape index (κ2) is 18.9. The molecule has 0 radical (unpaired) electrons. The molecule has 2 fully saturated rings. The van der Waals surface area contributed by atoms with Crippen molar-refractivity contribution >= 4 is 35.2 Å². The third-order valence-corrected chi connectivity index (χ3v) is 12.2. The first-order chi connectivity index (χ1) is 30.2. The van der Waals surface area contributed by atoms with Crippen LogP contribution in [0.25, 0.3) is 0 Å². The van der Waals surface area contributed by atoms with Crippen molar-refractivity contribution in [2.45, 2.75) is 98.2 Å². The standard InChI is InChI=1S/C50H52ClN7O6/c1-48(2,3)42(45(63)58-29-37(59)23-40(58)44(62)55-28-32-12-9-31(25-52)10-13-32)56-41(60)22-36-20-16-33(27-54-36)11-8-30-14-17-34(18-15-30)43(61)57-46-49(4,5)47(50(46,6)7)64-38-21-19-35(26-53)39(51)24-38/h9-10,12-21,24,27,37,40,42,46-47,59H,22-23,28-29H2,1-7H3,(H,55,62)(H,56,60)(H,57,61)/t37-,40+,42?,46?,47?/m1/s1. The molecular weight excluding hydrogens is 830 g/mol. The molecule has 3 aromatic carbocycles. The second-order valence-electron chi connectivity index (χ2n) is 18.6. The molecule has 1 aromatic heterocycles. The van der Waals surface area contributed by atoms with E-state index in [2.05, 4.69) is 44.9 Å². The SMILES string of the molecule is CC(C)(C)C(NC(=O)Cc1ccc(C#Cc2ccc(C(=O)NC3C(C)(C)C(Oc4ccc(C#N)c(Cl)c4)C3(C)C)cc2)cn1)C(=O)N1C[C@H](O)C[C@H]1C(=O)NCc1ccc(C#N)cc1. The van der Waals surface area contributed by atoms with Gasteiger partial charge in [-0.05, 0) is 71.6 Å². The summed E-state index contributed by atoms with van der Waals surface area (Å²) in [5, 5.41) is 38.0. The number of carbonyl (C=O) groups excluding carboxylic acids is 4. The average Bonchev–Trinajstić information content (AvgIpc) is 3.66. The summed E-state index contributed by atoms with van der Waals surface area (Å²) >= 11 is 6.23. The summed E-state index contributed by atoms with van der Waals surface area (Å²) < 4.78 is 6.34. The molecule has 1 unspecified atom stereocenters. The van der Waals surface area contributed by atoms with E-state index in [1.807, 2.05) is 48.5 Å². The van der Waals surface area contributed by atoms with Gasteiger partial charge < -0.3 is 30.7 Å². The minimum atomic E-state index is -0.993. The molecular formula is C50H52ClN7O6. The molecule has 13 nitrogen and oxygen atoms in total. The summed E-state index contributed by atoms with van der Waals surface area (Å²) in [4.78, 5) is 59.8. The van der Waals surface area contributed by atoms with E-state index in [0.717, 1.165) is 5.56 Å². The number of β-amino-alcohol motifs (C(OH)–C–C–N with tert-alkyl or cyclic N) is 1. The summed E-state index contributed by atoms with van der Waals surface area (Å²) in [5.74, 6) is 5.17. The number of carbonyl (C=O) groups is 4. The number of amides is 4. The van der Waals surface area contributed by atoms with E-state index in [1.165, 1.54) is 4.90 Å². The number of aliphatic hydroxyl groups excluding tert-OH is 1. The van der Waals surface area contributed by atoms with Crippen LogP contribution in [-0.4, -0.2) is 75.5 Å². The monoisotopic (exact) mass is 881 g/mol. The smallest absolute Gasteiger partial charge is 0.251 e. The lowest BCUT2D eigenvalue weighted by molar-refractivity contribution is -0.164. The highest BCUT2D eigenvalue weighted by Gasteiger charge is 2.64. The third-order valence-electron chi connectivity index (χ3n) is 11.9. The van der Waals surface area contributed by atoms with Gasteiger partial charge in [-0.1, -0.05) is 84.0 Å². The molecule has 14 heteroatoms. The Kier molecular flexibility index (Phi) is 13.8. The molecule has 1 aliphatic heterocycles. The first-order valence-electron chi connectivity index (χ1n) is 21.0. The third kappa shape index (κ3) is 10.5. The van der Waals surface area contributed by atoms with E-state index in [9.17, 15) is 29.5 Å². The molecule has 4 amide bonds. The zero-order chi connectivity index (χ0) is 46.6. The lowest BCUT2D eigenvalue weighted by Crippen LogP contribution is -2.74. The lowest BCUT2D eigenvalue weighted by Gasteiger charge is -2.63. The molecule has 6 rings (SSSR count). The Labute approximate surface area is 379 Å². The summed E-state index contributed by atoms with van der Waals surface area (Å²) in [6.45, 7) is 13.8. The van der Waals surface area contributed by atoms with Gasteiger partial charge >= 0.3 is 0 Å². The van der Waals surface area contributed by atoms with Crippen molar-refractivity contribution in [1.82, 2.24) is 25.8 Å². The molecule has 4 aromatic rings. The number of nitrogens with zero attached hydrogens (tertiary/aromatic N) is 4. The fourth-order valence-corrected chi connectivity index (χ4v) is 8.98. The number of nitrogens with one attached hydrogen (secondary N) is 3. The Morgan fingerprint density at radius 3 is 2.14 bits per heavy atom. The number of pyridine rings is 1. The summed E-state index contributed by atoms with van der Waals surface area (Å²) in [5.41, 5.74) is 2.35. The van der Waals surface area contributed by atoms with E-state index in [-0.39, 0.29) is 44.0 Å². The van der Waals surface area contributed by atoms with Gasteiger partial charge in [0.15, 0.2) is 0 Å². The Morgan fingerprint density at radius 1 is 0.906 bits per heavy atom. The molecule has 1 saturated heterocycles. The number of ether oxygens (including phenoxy) is 1. The van der Waals surface area contributed by atoms with E-state index < -0.39 is 52.2 Å². The summed E-state index contributed by atoms with van der Waals surface area (Å²) in [7, 11) is 0. The minimum absolute atomic E-state index is 0.0473. The van der Waals surface area contributed by atoms with Gasteiger partial charge in [0.2, 0.25) is 17.7 Å². The fraction of sp³-hybridized carbons (Fsp3) is 0.380. The second-order valence-corrected chi connectivity index (χ2v) is 19.0. The molecule has 2 heterocycles. The summed E-state index contributed by atoms with van der Waals surface area (Å²) in [6.07, 6.45) is 0.383. The van der Waals surface area contributed by atoms with Crippen LogP contribution >= 0.6 is 11.6 Å². The van der Waals surface area contributed by atoms with Gasteiger partial charge in [-0.15, -0.1) is 0 Å². The van der Waals surface area contributed by atoms with Crippen LogP contribution in [0.2, 0.25) is 5.02 Å².